The molecule has 0 saturated heterocycles. The Hall–Kier alpha value is 0.870. The molecule has 3 unspecified atom stereocenters. The molecule has 0 bridgehead atoms. The number of hydrogen-bond donors (Lipinski definition) is 0. The molecule has 12 heavy (non-hydrogen) atoms. The lowest BCUT2D eigenvalue weighted by atomic mass is 9.95. The molecule has 0 amide bonds. The van der Waals surface area contributed by atoms with Crippen LogP contribution in [0.15, 0.2) is 0 Å². The first-order chi connectivity index (χ1) is 5.43. The topological polar surface area (TPSA) is 0 Å². The lowest BCUT2D eigenvalue weighted by Gasteiger charge is -2.21. The predicted molar refractivity (Wildman–Crippen MR) is 58.7 cm³/mol. The summed E-state index contributed by atoms with van der Waals surface area (Å²) in [7, 11) is 0. The highest BCUT2D eigenvalue weighted by Crippen LogP contribution is 2.25. The van der Waals surface area contributed by atoms with Gasteiger partial charge in [0, 0.05) is 16.1 Å². The second kappa shape index (κ2) is 6.34. The van der Waals surface area contributed by atoms with E-state index in [4.69, 9.17) is 34.8 Å². The van der Waals surface area contributed by atoms with E-state index in [9.17, 15) is 0 Å². The van der Waals surface area contributed by atoms with Gasteiger partial charge in [-0.2, -0.15) is 0 Å². The van der Waals surface area contributed by atoms with Gasteiger partial charge >= 0.3 is 0 Å². The molecule has 0 aromatic carbocycles. The molecule has 0 rings (SSSR count). The second-order valence-electron chi connectivity index (χ2n) is 3.47. The highest BCUT2D eigenvalue weighted by molar-refractivity contribution is 6.22. The summed E-state index contributed by atoms with van der Waals surface area (Å²) in [6, 6.07) is 0. The first kappa shape index (κ1) is 12.9. The molecule has 0 aliphatic rings. The smallest absolute Gasteiger partial charge is 0.0337 e. The molecule has 0 aromatic rings. The maximum atomic E-state index is 6.01. The summed E-state index contributed by atoms with van der Waals surface area (Å²) in [5.74, 6) is 0.437. The summed E-state index contributed by atoms with van der Waals surface area (Å²) in [5, 5.41) is 0.533. The zero-order valence-electron chi connectivity index (χ0n) is 7.86. The molecule has 0 aromatic heterocycles. The van der Waals surface area contributed by atoms with Crippen molar-refractivity contribution in [3.63, 3.8) is 0 Å². The third-order valence-electron chi connectivity index (χ3n) is 1.90. The van der Waals surface area contributed by atoms with Gasteiger partial charge in [0.2, 0.25) is 0 Å². The Balaban J connectivity index is 3.87. The maximum Gasteiger partial charge on any atom is 0.0337 e. The summed E-state index contributed by atoms with van der Waals surface area (Å²) < 4.78 is 0. The van der Waals surface area contributed by atoms with Gasteiger partial charge in [0.25, 0.3) is 0 Å². The summed E-state index contributed by atoms with van der Waals surface area (Å²) in [4.78, 5) is 0. The van der Waals surface area contributed by atoms with Crippen LogP contribution in [0.2, 0.25) is 0 Å². The van der Waals surface area contributed by atoms with Crippen LogP contribution in [0.25, 0.3) is 0 Å². The number of rotatable bonds is 5. The molecule has 74 valence electrons. The van der Waals surface area contributed by atoms with Crippen LogP contribution in [0, 0.1) is 5.92 Å². The molecule has 0 saturated carbocycles. The van der Waals surface area contributed by atoms with Gasteiger partial charge in [-0.25, -0.2) is 0 Å². The van der Waals surface area contributed by atoms with Crippen LogP contribution >= 0.6 is 34.8 Å². The molecule has 0 aliphatic carbocycles. The summed E-state index contributed by atoms with van der Waals surface area (Å²) in [6.45, 7) is 5.99. The molecule has 3 atom stereocenters. The van der Waals surface area contributed by atoms with E-state index in [1.807, 2.05) is 20.8 Å². The van der Waals surface area contributed by atoms with Gasteiger partial charge in [-0.05, 0) is 39.5 Å². The highest BCUT2D eigenvalue weighted by atomic mass is 35.5. The van der Waals surface area contributed by atoms with Crippen molar-refractivity contribution in [2.75, 3.05) is 0 Å². The van der Waals surface area contributed by atoms with Crippen molar-refractivity contribution in [3.05, 3.63) is 0 Å². The lowest BCUT2D eigenvalue weighted by Crippen LogP contribution is -2.18. The van der Waals surface area contributed by atoms with Gasteiger partial charge in [0.15, 0.2) is 0 Å². The molecule has 0 radical (unpaired) electrons. The molecule has 0 aliphatic heterocycles. The standard InChI is InChI=1S/C9H17Cl3/c1-6(10)4-9(8(3)12)5-7(2)11/h6-9H,4-5H2,1-3H3. The number of alkyl halides is 3. The van der Waals surface area contributed by atoms with Gasteiger partial charge in [-0.1, -0.05) is 0 Å². The average molecular weight is 232 g/mol. The van der Waals surface area contributed by atoms with E-state index in [-0.39, 0.29) is 16.1 Å². The van der Waals surface area contributed by atoms with Crippen LogP contribution < -0.4 is 0 Å². The Labute approximate surface area is 90.6 Å². The minimum atomic E-state index is 0.160. The van der Waals surface area contributed by atoms with Crippen LogP contribution in [0.3, 0.4) is 0 Å². The summed E-state index contributed by atoms with van der Waals surface area (Å²) in [5.41, 5.74) is 0. The normalized spacial score (nSPS) is 21.5. The quantitative estimate of drug-likeness (QED) is 0.620. The fraction of sp³-hybridized carbons (Fsp3) is 1.00. The molecule has 0 heterocycles. The Morgan fingerprint density at radius 2 is 1.17 bits per heavy atom. The van der Waals surface area contributed by atoms with Gasteiger partial charge in [0.1, 0.15) is 0 Å². The van der Waals surface area contributed by atoms with E-state index in [0.29, 0.717) is 5.92 Å². The van der Waals surface area contributed by atoms with Crippen molar-refractivity contribution in [2.45, 2.75) is 49.7 Å². The third kappa shape index (κ3) is 6.39. The third-order valence-corrected chi connectivity index (χ3v) is 2.62. The number of hydrogen-bond acceptors (Lipinski definition) is 0. The molecular formula is C9H17Cl3. The first-order valence-corrected chi connectivity index (χ1v) is 5.66. The molecule has 0 spiro atoms. The predicted octanol–water partition coefficient (Wildman–Crippen LogP) is 4.26. The largest absolute Gasteiger partial charge is 0.123 e. The molecule has 3 heteroatoms. The maximum absolute atomic E-state index is 6.01. The van der Waals surface area contributed by atoms with Crippen LogP contribution in [-0.2, 0) is 0 Å². The average Bonchev–Trinajstić information content (AvgIpc) is 1.83. The molecule has 0 N–H and O–H groups in total. The highest BCUT2D eigenvalue weighted by Gasteiger charge is 2.19. The summed E-state index contributed by atoms with van der Waals surface area (Å²) >= 11 is 17.8. The Bertz CT molecular complexity index is 100. The van der Waals surface area contributed by atoms with Crippen molar-refractivity contribution in [1.82, 2.24) is 0 Å². The monoisotopic (exact) mass is 230 g/mol. The van der Waals surface area contributed by atoms with E-state index in [0.717, 1.165) is 12.8 Å². The fourth-order valence-electron chi connectivity index (χ4n) is 1.31. The minimum absolute atomic E-state index is 0.160. The van der Waals surface area contributed by atoms with E-state index >= 15 is 0 Å². The fourth-order valence-corrected chi connectivity index (χ4v) is 1.97. The van der Waals surface area contributed by atoms with Crippen molar-refractivity contribution in [2.24, 2.45) is 5.92 Å². The van der Waals surface area contributed by atoms with E-state index in [1.165, 1.54) is 0 Å². The zero-order valence-corrected chi connectivity index (χ0v) is 10.1. The molecule has 0 nitrogen and oxygen atoms in total. The summed E-state index contributed by atoms with van der Waals surface area (Å²) in [6.07, 6.45) is 1.90. The van der Waals surface area contributed by atoms with Crippen molar-refractivity contribution in [3.8, 4) is 0 Å². The van der Waals surface area contributed by atoms with Gasteiger partial charge in [0.05, 0.1) is 0 Å². The van der Waals surface area contributed by atoms with Crippen LogP contribution in [0.1, 0.15) is 33.6 Å². The lowest BCUT2D eigenvalue weighted by molar-refractivity contribution is 0.439. The minimum Gasteiger partial charge on any atom is -0.123 e. The van der Waals surface area contributed by atoms with Crippen molar-refractivity contribution >= 4 is 34.8 Å². The SMILES string of the molecule is CC(Cl)CC(CC(C)Cl)C(C)Cl. The van der Waals surface area contributed by atoms with Gasteiger partial charge in [-0.15, -0.1) is 34.8 Å². The first-order valence-electron chi connectivity index (χ1n) is 4.35. The number of halogens is 3. The van der Waals surface area contributed by atoms with Crippen molar-refractivity contribution < 1.29 is 0 Å². The zero-order chi connectivity index (χ0) is 9.72. The van der Waals surface area contributed by atoms with Crippen molar-refractivity contribution in [1.29, 1.82) is 0 Å². The Morgan fingerprint density at radius 3 is 1.33 bits per heavy atom. The van der Waals surface area contributed by atoms with Gasteiger partial charge in [-0.3, -0.25) is 0 Å². The Morgan fingerprint density at radius 1 is 0.833 bits per heavy atom. The molecule has 0 fully saturated rings. The van der Waals surface area contributed by atoms with Crippen LogP contribution in [-0.4, -0.2) is 16.1 Å². The van der Waals surface area contributed by atoms with Crippen LogP contribution in [0.4, 0.5) is 0 Å². The van der Waals surface area contributed by atoms with Gasteiger partial charge < -0.3 is 0 Å². The van der Waals surface area contributed by atoms with E-state index < -0.39 is 0 Å². The van der Waals surface area contributed by atoms with Crippen LogP contribution in [0.5, 0.6) is 0 Å². The van der Waals surface area contributed by atoms with E-state index in [2.05, 4.69) is 0 Å². The van der Waals surface area contributed by atoms with E-state index in [1.54, 1.807) is 0 Å². The Kier molecular flexibility index (Phi) is 6.80. The second-order valence-corrected chi connectivity index (χ2v) is 5.65. The molecular weight excluding hydrogens is 214 g/mol.